The van der Waals surface area contributed by atoms with Crippen LogP contribution in [0.4, 0.5) is 0 Å². The van der Waals surface area contributed by atoms with Crippen LogP contribution in [0.5, 0.6) is 5.75 Å². The number of thiazole rings is 1. The lowest BCUT2D eigenvalue weighted by Gasteiger charge is -2.32. The second kappa shape index (κ2) is 4.45. The number of aromatic nitrogens is 1. The largest absolute Gasteiger partial charge is 0.498 e. The number of methoxy groups -OCH3 is 1. The Kier molecular flexibility index (Phi) is 3.08. The summed E-state index contributed by atoms with van der Waals surface area (Å²) in [5.74, 6) is 0.795. The molecule has 2 aromatic rings. The standard InChI is InChI=1S/C14H18BNO3S/c1-13(2)14(3,4)19-15(18-13)9-6-7-10-12(11(9)17-5)20-8-16-10/h6-8H,1-5H3. The van der Waals surface area contributed by atoms with Crippen LogP contribution in [0.1, 0.15) is 27.7 Å². The van der Waals surface area contributed by atoms with Gasteiger partial charge in [-0.2, -0.15) is 0 Å². The molecule has 0 aliphatic carbocycles. The minimum absolute atomic E-state index is 0.356. The van der Waals surface area contributed by atoms with Gasteiger partial charge in [0.25, 0.3) is 0 Å². The van der Waals surface area contributed by atoms with Gasteiger partial charge < -0.3 is 14.0 Å². The van der Waals surface area contributed by atoms with E-state index >= 15 is 0 Å². The van der Waals surface area contributed by atoms with E-state index in [-0.39, 0.29) is 11.2 Å². The summed E-state index contributed by atoms with van der Waals surface area (Å²) in [5.41, 5.74) is 2.97. The lowest BCUT2D eigenvalue weighted by Crippen LogP contribution is -2.41. The van der Waals surface area contributed by atoms with Crippen LogP contribution in [0, 0.1) is 0 Å². The highest BCUT2D eigenvalue weighted by molar-refractivity contribution is 7.17. The number of ether oxygens (including phenoxy) is 1. The quantitative estimate of drug-likeness (QED) is 0.797. The Balaban J connectivity index is 2.07. The van der Waals surface area contributed by atoms with Crippen LogP contribution in [0.15, 0.2) is 17.6 Å². The van der Waals surface area contributed by atoms with Crippen molar-refractivity contribution in [3.63, 3.8) is 0 Å². The topological polar surface area (TPSA) is 40.6 Å². The van der Waals surface area contributed by atoms with E-state index in [1.807, 2.05) is 45.3 Å². The van der Waals surface area contributed by atoms with Crippen LogP contribution in [0.2, 0.25) is 0 Å². The third kappa shape index (κ3) is 1.94. The van der Waals surface area contributed by atoms with Gasteiger partial charge in [-0.3, -0.25) is 0 Å². The molecule has 1 saturated heterocycles. The van der Waals surface area contributed by atoms with Crippen molar-refractivity contribution in [1.29, 1.82) is 0 Å². The van der Waals surface area contributed by atoms with Crippen molar-refractivity contribution in [2.45, 2.75) is 38.9 Å². The summed E-state index contributed by atoms with van der Waals surface area (Å²) in [6.07, 6.45) is 0. The lowest BCUT2D eigenvalue weighted by molar-refractivity contribution is 0.00578. The number of nitrogens with zero attached hydrogens (tertiary/aromatic N) is 1. The van der Waals surface area contributed by atoms with Gasteiger partial charge in [-0.15, -0.1) is 11.3 Å². The summed E-state index contributed by atoms with van der Waals surface area (Å²) in [6, 6.07) is 3.96. The zero-order valence-corrected chi connectivity index (χ0v) is 13.2. The molecule has 0 bridgehead atoms. The third-order valence-corrected chi connectivity index (χ3v) is 5.04. The van der Waals surface area contributed by atoms with Crippen molar-refractivity contribution in [2.24, 2.45) is 0 Å². The SMILES string of the molecule is COc1c(B2OC(C)(C)C(C)(C)O2)ccc2ncsc12. The summed E-state index contributed by atoms with van der Waals surface area (Å²) in [7, 11) is 1.25. The van der Waals surface area contributed by atoms with E-state index in [4.69, 9.17) is 14.0 Å². The maximum absolute atomic E-state index is 6.10. The zero-order chi connectivity index (χ0) is 14.5. The Labute approximate surface area is 123 Å². The molecule has 0 radical (unpaired) electrons. The number of rotatable bonds is 2. The van der Waals surface area contributed by atoms with Crippen LogP contribution in [0.3, 0.4) is 0 Å². The highest BCUT2D eigenvalue weighted by atomic mass is 32.1. The Morgan fingerprint density at radius 3 is 2.40 bits per heavy atom. The monoisotopic (exact) mass is 291 g/mol. The van der Waals surface area contributed by atoms with Gasteiger partial charge in [0.05, 0.1) is 34.0 Å². The predicted octanol–water partition coefficient (Wildman–Crippen LogP) is 2.60. The number of benzene rings is 1. The first-order chi connectivity index (χ1) is 9.36. The van der Waals surface area contributed by atoms with Crippen LogP contribution < -0.4 is 10.2 Å². The van der Waals surface area contributed by atoms with Crippen molar-refractivity contribution >= 4 is 34.1 Å². The molecule has 0 amide bonds. The van der Waals surface area contributed by atoms with E-state index < -0.39 is 7.12 Å². The zero-order valence-electron chi connectivity index (χ0n) is 12.4. The molecule has 0 saturated carbocycles. The first-order valence-corrected chi connectivity index (χ1v) is 7.49. The first kappa shape index (κ1) is 13.9. The molecule has 0 atom stereocenters. The molecule has 1 fully saturated rings. The van der Waals surface area contributed by atoms with E-state index in [1.54, 1.807) is 18.4 Å². The predicted molar refractivity (Wildman–Crippen MR) is 81.9 cm³/mol. The van der Waals surface area contributed by atoms with Crippen LogP contribution >= 0.6 is 11.3 Å². The van der Waals surface area contributed by atoms with E-state index in [1.165, 1.54) is 0 Å². The molecule has 1 aromatic heterocycles. The van der Waals surface area contributed by atoms with Gasteiger partial charge in [-0.25, -0.2) is 4.98 Å². The molecule has 20 heavy (non-hydrogen) atoms. The summed E-state index contributed by atoms with van der Waals surface area (Å²) >= 11 is 1.56. The minimum Gasteiger partial charge on any atom is -0.496 e. The number of hydrogen-bond acceptors (Lipinski definition) is 5. The molecule has 0 spiro atoms. The van der Waals surface area contributed by atoms with Crippen molar-refractivity contribution < 1.29 is 14.0 Å². The summed E-state index contributed by atoms with van der Waals surface area (Å²) in [5, 5.41) is 0. The van der Waals surface area contributed by atoms with Gasteiger partial charge in [-0.05, 0) is 33.8 Å². The molecular formula is C14H18BNO3S. The number of fused-ring (bicyclic) bond motifs is 1. The van der Waals surface area contributed by atoms with Gasteiger partial charge >= 0.3 is 7.12 Å². The second-order valence-electron chi connectivity index (χ2n) is 5.98. The van der Waals surface area contributed by atoms with E-state index in [0.717, 1.165) is 21.4 Å². The smallest absolute Gasteiger partial charge is 0.496 e. The highest BCUT2D eigenvalue weighted by Crippen LogP contribution is 2.38. The Bertz CT molecular complexity index is 637. The summed E-state index contributed by atoms with van der Waals surface area (Å²) in [6.45, 7) is 8.19. The highest BCUT2D eigenvalue weighted by Gasteiger charge is 2.52. The first-order valence-electron chi connectivity index (χ1n) is 6.61. The van der Waals surface area contributed by atoms with Crippen molar-refractivity contribution in [1.82, 2.24) is 4.98 Å². The van der Waals surface area contributed by atoms with E-state index in [9.17, 15) is 0 Å². The van der Waals surface area contributed by atoms with Gasteiger partial charge in [0.1, 0.15) is 5.75 Å². The van der Waals surface area contributed by atoms with Crippen LogP contribution in [-0.2, 0) is 9.31 Å². The lowest BCUT2D eigenvalue weighted by atomic mass is 9.78. The maximum atomic E-state index is 6.10. The maximum Gasteiger partial charge on any atom is 0.498 e. The Hall–Kier alpha value is -1.11. The van der Waals surface area contributed by atoms with Crippen LogP contribution in [0.25, 0.3) is 10.2 Å². The molecular weight excluding hydrogens is 273 g/mol. The third-order valence-electron chi connectivity index (χ3n) is 4.20. The fourth-order valence-corrected chi connectivity index (χ4v) is 3.11. The van der Waals surface area contributed by atoms with E-state index in [2.05, 4.69) is 4.98 Å². The molecule has 3 rings (SSSR count). The van der Waals surface area contributed by atoms with Gasteiger partial charge in [-0.1, -0.05) is 6.07 Å². The van der Waals surface area contributed by atoms with Gasteiger partial charge in [0.2, 0.25) is 0 Å². The molecule has 4 nitrogen and oxygen atoms in total. The van der Waals surface area contributed by atoms with Crippen molar-refractivity contribution in [3.05, 3.63) is 17.6 Å². The molecule has 0 unspecified atom stereocenters. The van der Waals surface area contributed by atoms with Gasteiger partial charge in [0.15, 0.2) is 0 Å². The van der Waals surface area contributed by atoms with Crippen LogP contribution in [-0.4, -0.2) is 30.4 Å². The normalized spacial score (nSPS) is 20.6. The summed E-state index contributed by atoms with van der Waals surface area (Å²) < 4.78 is 18.8. The molecule has 6 heteroatoms. The Morgan fingerprint density at radius 1 is 1.15 bits per heavy atom. The van der Waals surface area contributed by atoms with Crippen molar-refractivity contribution in [2.75, 3.05) is 7.11 Å². The molecule has 2 heterocycles. The molecule has 1 aliphatic heterocycles. The second-order valence-corrected chi connectivity index (χ2v) is 6.83. The van der Waals surface area contributed by atoms with Crippen molar-refractivity contribution in [3.8, 4) is 5.75 Å². The molecule has 1 aliphatic rings. The molecule has 0 N–H and O–H groups in total. The fourth-order valence-electron chi connectivity index (χ4n) is 2.29. The Morgan fingerprint density at radius 2 is 1.80 bits per heavy atom. The van der Waals surface area contributed by atoms with E-state index in [0.29, 0.717) is 0 Å². The minimum atomic E-state index is -0.415. The summed E-state index contributed by atoms with van der Waals surface area (Å²) in [4.78, 5) is 4.31. The molecule has 1 aromatic carbocycles. The average Bonchev–Trinajstić information content (AvgIpc) is 2.91. The van der Waals surface area contributed by atoms with Gasteiger partial charge in [0, 0.05) is 5.46 Å². The number of hydrogen-bond donors (Lipinski definition) is 0. The fraction of sp³-hybridized carbons (Fsp3) is 0.500. The molecule has 106 valence electrons. The average molecular weight is 291 g/mol.